The summed E-state index contributed by atoms with van der Waals surface area (Å²) in [6, 6.07) is 27.7. The molecular weight excluding hydrogens is 1160 g/mol. The summed E-state index contributed by atoms with van der Waals surface area (Å²) >= 11 is 6.87. The van der Waals surface area contributed by atoms with E-state index in [1.54, 1.807) is 18.5 Å². The molecule has 0 amide bonds. The fourth-order valence-electron chi connectivity index (χ4n) is 8.48. The number of halogens is 2. The summed E-state index contributed by atoms with van der Waals surface area (Å²) < 4.78 is 6.92. The van der Waals surface area contributed by atoms with Crippen LogP contribution in [-0.2, 0) is 48.7 Å². The van der Waals surface area contributed by atoms with E-state index in [2.05, 4.69) is 104 Å². The Bertz CT molecular complexity index is 3510. The van der Waals surface area contributed by atoms with E-state index in [0.29, 0.717) is 12.0 Å². The third kappa shape index (κ3) is 15.1. The van der Waals surface area contributed by atoms with Gasteiger partial charge in [-0.3, -0.25) is 34.3 Å². The Labute approximate surface area is 488 Å². The second-order valence-electron chi connectivity index (χ2n) is 18.1. The number of methoxy groups -OCH3 is 1. The molecule has 0 bridgehead atoms. The van der Waals surface area contributed by atoms with Crippen LogP contribution in [0, 0.1) is 69.2 Å². The van der Waals surface area contributed by atoms with E-state index in [1.165, 1.54) is 58.7 Å². The number of benzene rings is 5. The van der Waals surface area contributed by atoms with Crippen LogP contribution in [0.15, 0.2) is 131 Å². The summed E-state index contributed by atoms with van der Waals surface area (Å²) in [4.78, 5) is 62.1. The van der Waals surface area contributed by atoms with Gasteiger partial charge in [-0.25, -0.2) is 4.79 Å². The predicted octanol–water partition coefficient (Wildman–Crippen LogP) is 15.6. The van der Waals surface area contributed by atoms with Crippen LogP contribution in [0.5, 0.6) is 0 Å². The summed E-state index contributed by atoms with van der Waals surface area (Å²) in [5.41, 5.74) is 23.8. The Morgan fingerprint density at radius 3 is 1.47 bits per heavy atom. The predicted molar refractivity (Wildman–Crippen MR) is 315 cm³/mol. The van der Waals surface area contributed by atoms with Crippen LogP contribution < -0.4 is 5.73 Å². The number of hydrogen-bond acceptors (Lipinski definition) is 10. The number of Topliss-reactive ketones (excluding diaryl/α,β-unsaturated/α-hetero) is 2. The number of rotatable bonds is 4. The molecule has 389 valence electrons. The molecule has 0 aliphatic heterocycles. The smallest absolute Gasteiger partial charge is 0.338 e. The molecule has 10 rings (SSSR count). The zero-order valence-electron chi connectivity index (χ0n) is 45.2. The Kier molecular flexibility index (Phi) is 23.6. The van der Waals surface area contributed by atoms with Crippen LogP contribution in [0.25, 0.3) is 43.6 Å². The van der Waals surface area contributed by atoms with Crippen molar-refractivity contribution in [3.63, 3.8) is 0 Å². The van der Waals surface area contributed by atoms with Crippen molar-refractivity contribution in [2.24, 2.45) is 0 Å². The average molecular weight is 1220 g/mol. The largest absolute Gasteiger partial charge is 0.465 e. The van der Waals surface area contributed by atoms with E-state index in [0.717, 1.165) is 92.8 Å². The van der Waals surface area contributed by atoms with Crippen molar-refractivity contribution < 1.29 is 56.6 Å². The summed E-state index contributed by atoms with van der Waals surface area (Å²) in [7, 11) is 1.38. The number of ketones is 3. The average Bonchev–Trinajstić information content (AvgIpc) is 3.78. The minimum Gasteiger partial charge on any atom is -0.465 e. The normalized spacial score (nSPS) is 10.9. The first-order valence-corrected chi connectivity index (χ1v) is 25.9. The second kappa shape index (κ2) is 28.8. The Balaban J connectivity index is 0.000000202. The molecule has 2 N–H and O–H groups in total. The van der Waals surface area contributed by atoms with E-state index in [1.807, 2.05) is 115 Å². The van der Waals surface area contributed by atoms with Crippen molar-refractivity contribution in [3.8, 4) is 0 Å². The van der Waals surface area contributed by atoms with E-state index in [4.69, 9.17) is 10.5 Å². The number of hydrogen-bond donors (Lipinski definition) is 1. The molecule has 9 aromatic rings. The number of pyridine rings is 4. The number of carbonyl (C=O) groups excluding carboxylic acids is 4. The van der Waals surface area contributed by atoms with Gasteiger partial charge in [0.2, 0.25) is 0 Å². The van der Waals surface area contributed by atoms with Crippen LogP contribution in [0.2, 0.25) is 0 Å². The molecule has 4 heterocycles. The van der Waals surface area contributed by atoms with Gasteiger partial charge in [0, 0.05) is 111 Å². The second-order valence-corrected chi connectivity index (χ2v) is 19.8. The molecule has 1 aliphatic carbocycles. The van der Waals surface area contributed by atoms with E-state index < -0.39 is 0 Å². The van der Waals surface area contributed by atoms with Crippen molar-refractivity contribution in [3.05, 3.63) is 211 Å². The maximum absolute atomic E-state index is 11.8. The first kappa shape index (κ1) is 62.4. The molecule has 1 aliphatic rings. The monoisotopic (exact) mass is 1220 g/mol. The fourth-order valence-corrected chi connectivity index (χ4v) is 9.18. The maximum atomic E-state index is 11.8. The minimum atomic E-state index is -0.317. The van der Waals surface area contributed by atoms with Crippen molar-refractivity contribution in [2.75, 3.05) is 12.8 Å². The first-order valence-electron chi connectivity index (χ1n) is 24.3. The number of aryl methyl sites for hydroxylation is 9. The summed E-state index contributed by atoms with van der Waals surface area (Å²) in [6.45, 7) is 26.5. The quantitative estimate of drug-likeness (QED) is 0.0592. The molecule has 10 nitrogen and oxygen atoms in total. The van der Waals surface area contributed by atoms with Crippen LogP contribution in [0.1, 0.15) is 106 Å². The SMILES string of the molecule is C=CC(C)=O.COC(=O)c1ccc2c(C)ccnc2c1C.Cc1c(N)cccc1Br.Cc1ccnc2c(C)c(Br)ccc12.Cc1ccnc2c(C)c3c(cc12)CCC3=O.[CH2-]CC(=O)c1ccc2c(C)ccnc2c1C.[Y]. The summed E-state index contributed by atoms with van der Waals surface area (Å²) in [5.74, 6) is 0.0492. The molecule has 0 saturated carbocycles. The van der Waals surface area contributed by atoms with Crippen molar-refractivity contribution in [1.29, 1.82) is 0 Å². The zero-order chi connectivity index (χ0) is 55.3. The maximum Gasteiger partial charge on any atom is 0.338 e. The van der Waals surface area contributed by atoms with Crippen LogP contribution in [0.4, 0.5) is 5.69 Å². The standard InChI is InChI=1S/C14H13NO.C14H14NO.C13H13NO2.C11H10BrN.C7H8BrN.C4H6O.Y/c1-8-5-6-15-14-9(2)13-10(7-11(8)14)3-4-12(13)16;1-4-13(16)12-6-5-11-9(2)7-8-15-14(11)10(12)3;1-8-6-7-14-12-9(2)11(13(15)16-3)5-4-10(8)12;1-7-5-6-13-11-8(2)10(12)4-3-9(7)11;1-5-6(8)3-2-4-7(5)9;1-3-4(2)5;/h5-7H,3-4H2,1-2H3;5-8H,1,4H2,2-3H3;4-7H,1-3H3;3-6H,1-2H3;2-4H,9H2,1H3;3H,1H2,2H3;/q;-1;;;;;. The summed E-state index contributed by atoms with van der Waals surface area (Å²) in [6.07, 6.45) is 10.3. The number of esters is 1. The number of carbonyl (C=O) groups is 4. The van der Waals surface area contributed by atoms with Gasteiger partial charge in [0.1, 0.15) is 5.78 Å². The molecule has 13 heteroatoms. The molecule has 4 aromatic heterocycles. The number of fused-ring (bicyclic) bond motifs is 5. The number of nitrogens with zero attached hydrogens (tertiary/aromatic N) is 4. The van der Waals surface area contributed by atoms with Gasteiger partial charge in [-0.2, -0.15) is 0 Å². The van der Waals surface area contributed by atoms with Crippen molar-refractivity contribution in [1.82, 2.24) is 19.9 Å². The number of nitrogens with two attached hydrogens (primary N) is 1. The molecule has 5 aromatic carbocycles. The Morgan fingerprint density at radius 1 is 0.605 bits per heavy atom. The molecule has 76 heavy (non-hydrogen) atoms. The molecule has 0 atom stereocenters. The molecular formula is C63H64Br2N5O5Y-. The van der Waals surface area contributed by atoms with E-state index in [-0.39, 0.29) is 62.4 Å². The number of anilines is 1. The summed E-state index contributed by atoms with van der Waals surface area (Å²) in [5, 5.41) is 4.62. The van der Waals surface area contributed by atoms with Gasteiger partial charge in [-0.05, 0) is 192 Å². The molecule has 0 unspecified atom stereocenters. The van der Waals surface area contributed by atoms with Gasteiger partial charge in [-0.1, -0.05) is 68.8 Å². The number of aromatic nitrogens is 4. The first-order chi connectivity index (χ1) is 35.7. The van der Waals surface area contributed by atoms with E-state index in [9.17, 15) is 19.2 Å². The van der Waals surface area contributed by atoms with Gasteiger partial charge in [0.05, 0.1) is 34.7 Å². The molecule has 0 saturated heterocycles. The van der Waals surface area contributed by atoms with Gasteiger partial charge >= 0.3 is 5.97 Å². The minimum absolute atomic E-state index is 0. The Hall–Kier alpha value is -6.18. The van der Waals surface area contributed by atoms with Crippen molar-refractivity contribution >= 4 is 104 Å². The third-order valence-electron chi connectivity index (χ3n) is 13.1. The van der Waals surface area contributed by atoms with Gasteiger partial charge in [0.25, 0.3) is 0 Å². The molecule has 1 radical (unpaired) electrons. The van der Waals surface area contributed by atoms with E-state index >= 15 is 0 Å². The van der Waals surface area contributed by atoms with Gasteiger partial charge in [0.15, 0.2) is 11.6 Å². The van der Waals surface area contributed by atoms with Gasteiger partial charge < -0.3 is 17.4 Å². The van der Waals surface area contributed by atoms with Gasteiger partial charge in [-0.15, -0.1) is 6.42 Å². The molecule has 0 spiro atoms. The Morgan fingerprint density at radius 2 is 1.03 bits per heavy atom. The molecule has 0 fully saturated rings. The number of nitrogen functional groups attached to an aromatic ring is 1. The fraction of sp³-hybridized carbons (Fsp3) is 0.222. The van der Waals surface area contributed by atoms with Crippen LogP contribution in [0.3, 0.4) is 0 Å². The number of ether oxygens (including phenoxy) is 1. The van der Waals surface area contributed by atoms with Crippen LogP contribution in [-0.4, -0.2) is 50.4 Å². The third-order valence-corrected chi connectivity index (χ3v) is 14.8. The zero-order valence-corrected chi connectivity index (χ0v) is 51.3. The van der Waals surface area contributed by atoms with Crippen molar-refractivity contribution in [2.45, 2.75) is 88.5 Å². The van der Waals surface area contributed by atoms with Crippen LogP contribution >= 0.6 is 31.9 Å². The topological polar surface area (TPSA) is 155 Å². The number of allylic oxidation sites excluding steroid dienone is 1.